The van der Waals surface area contributed by atoms with Crippen LogP contribution in [0.3, 0.4) is 0 Å². The normalized spacial score (nSPS) is 13.1. The number of ether oxygens (including phenoxy) is 1. The number of halogens is 1. The van der Waals surface area contributed by atoms with E-state index >= 15 is 0 Å². The van der Waals surface area contributed by atoms with Gasteiger partial charge in [0, 0.05) is 16.6 Å². The molecule has 2 aromatic heterocycles. The summed E-state index contributed by atoms with van der Waals surface area (Å²) < 4.78 is 13.5. The van der Waals surface area contributed by atoms with E-state index in [4.69, 9.17) is 25.7 Å². The average molecular weight is 363 g/mol. The van der Waals surface area contributed by atoms with Crippen molar-refractivity contribution in [3.8, 4) is 11.4 Å². The molecule has 0 amide bonds. The van der Waals surface area contributed by atoms with E-state index in [1.165, 1.54) is 0 Å². The van der Waals surface area contributed by atoms with Gasteiger partial charge in [0.15, 0.2) is 5.76 Å². The predicted molar refractivity (Wildman–Crippen MR) is 103 cm³/mol. The summed E-state index contributed by atoms with van der Waals surface area (Å²) in [6, 6.07) is 17.7. The molecule has 1 aliphatic rings. The lowest BCUT2D eigenvalue weighted by atomic mass is 10.1. The molecule has 3 heterocycles. The van der Waals surface area contributed by atoms with E-state index in [0.717, 1.165) is 45.1 Å². The van der Waals surface area contributed by atoms with Gasteiger partial charge < -0.3 is 13.7 Å². The predicted octanol–water partition coefficient (Wildman–Crippen LogP) is 5.24. The zero-order chi connectivity index (χ0) is 17.7. The molecule has 1 aliphatic heterocycles. The number of furan rings is 1. The molecule has 0 spiro atoms. The second kappa shape index (κ2) is 5.78. The van der Waals surface area contributed by atoms with Crippen molar-refractivity contribution < 1.29 is 9.15 Å². The maximum atomic E-state index is 6.22. The minimum Gasteiger partial charge on any atom is -0.497 e. The number of methoxy groups -OCH3 is 1. The third kappa shape index (κ3) is 2.34. The second-order valence-corrected chi connectivity index (χ2v) is 6.65. The van der Waals surface area contributed by atoms with Gasteiger partial charge in [-0.2, -0.15) is 0 Å². The van der Waals surface area contributed by atoms with Crippen molar-refractivity contribution in [2.45, 2.75) is 6.54 Å². The molecule has 5 rings (SSSR count). The standard InChI is InChI=1S/C21H15ClN2O2/c1-25-16-6-7-19-14(9-16)10-20(26-19)21-17-3-2-8-24(17)18-11-15(22)5-4-13(18)12-23-21/h2-11H,12H2,1H3. The molecular formula is C21H15ClN2O2. The van der Waals surface area contributed by atoms with Crippen LogP contribution in [-0.2, 0) is 6.54 Å². The molecule has 0 atom stereocenters. The topological polar surface area (TPSA) is 39.7 Å². The monoisotopic (exact) mass is 362 g/mol. The summed E-state index contributed by atoms with van der Waals surface area (Å²) in [6.07, 6.45) is 2.02. The average Bonchev–Trinajstić information content (AvgIpc) is 3.26. The molecular weight excluding hydrogens is 348 g/mol. The van der Waals surface area contributed by atoms with E-state index in [1.807, 2.05) is 60.8 Å². The molecule has 0 saturated carbocycles. The number of aliphatic imine (C=N–C) groups is 1. The minimum atomic E-state index is 0.573. The summed E-state index contributed by atoms with van der Waals surface area (Å²) in [4.78, 5) is 4.84. The molecule has 128 valence electrons. The van der Waals surface area contributed by atoms with Crippen molar-refractivity contribution in [2.24, 2.45) is 4.99 Å². The van der Waals surface area contributed by atoms with Crippen LogP contribution in [0, 0.1) is 0 Å². The molecule has 5 heteroatoms. The lowest BCUT2D eigenvalue weighted by molar-refractivity contribution is 0.415. The van der Waals surface area contributed by atoms with Crippen molar-refractivity contribution in [2.75, 3.05) is 7.11 Å². The number of rotatable bonds is 2. The van der Waals surface area contributed by atoms with Crippen LogP contribution in [0.5, 0.6) is 5.75 Å². The highest BCUT2D eigenvalue weighted by atomic mass is 35.5. The maximum Gasteiger partial charge on any atom is 0.155 e. The summed E-state index contributed by atoms with van der Waals surface area (Å²) >= 11 is 6.22. The maximum absolute atomic E-state index is 6.22. The molecule has 0 unspecified atom stereocenters. The van der Waals surface area contributed by atoms with Crippen molar-refractivity contribution >= 4 is 28.3 Å². The third-order valence-corrected chi connectivity index (χ3v) is 4.90. The van der Waals surface area contributed by atoms with Crippen LogP contribution in [0.1, 0.15) is 17.0 Å². The fourth-order valence-corrected chi connectivity index (χ4v) is 3.56. The Hall–Kier alpha value is -2.98. The van der Waals surface area contributed by atoms with Crippen molar-refractivity contribution in [3.05, 3.63) is 82.8 Å². The van der Waals surface area contributed by atoms with E-state index in [9.17, 15) is 0 Å². The zero-order valence-electron chi connectivity index (χ0n) is 14.1. The number of hydrogen-bond acceptors (Lipinski definition) is 3. The van der Waals surface area contributed by atoms with Crippen LogP contribution in [0.4, 0.5) is 0 Å². The van der Waals surface area contributed by atoms with E-state index in [0.29, 0.717) is 11.6 Å². The molecule has 0 aliphatic carbocycles. The number of fused-ring (bicyclic) bond motifs is 4. The molecule has 2 aromatic carbocycles. The van der Waals surface area contributed by atoms with Gasteiger partial charge in [0.05, 0.1) is 25.0 Å². The van der Waals surface area contributed by atoms with Gasteiger partial charge in [0.2, 0.25) is 0 Å². The molecule has 4 nitrogen and oxygen atoms in total. The highest BCUT2D eigenvalue weighted by molar-refractivity contribution is 6.30. The van der Waals surface area contributed by atoms with Gasteiger partial charge in [0.1, 0.15) is 17.0 Å². The SMILES string of the molecule is COc1ccc2oc(C3=NCc4ccc(Cl)cc4-n4cccc43)cc2c1. The molecule has 0 radical (unpaired) electrons. The Morgan fingerprint density at radius 2 is 2.04 bits per heavy atom. The van der Waals surface area contributed by atoms with E-state index < -0.39 is 0 Å². The van der Waals surface area contributed by atoms with Crippen LogP contribution in [0.15, 0.2) is 70.2 Å². The van der Waals surface area contributed by atoms with Crippen molar-refractivity contribution in [3.63, 3.8) is 0 Å². The van der Waals surface area contributed by atoms with Crippen LogP contribution >= 0.6 is 11.6 Å². The summed E-state index contributed by atoms with van der Waals surface area (Å²) in [5.74, 6) is 1.55. The summed E-state index contributed by atoms with van der Waals surface area (Å²) in [7, 11) is 1.66. The second-order valence-electron chi connectivity index (χ2n) is 6.22. The fourth-order valence-electron chi connectivity index (χ4n) is 3.39. The largest absolute Gasteiger partial charge is 0.497 e. The highest BCUT2D eigenvalue weighted by Gasteiger charge is 2.21. The van der Waals surface area contributed by atoms with Crippen molar-refractivity contribution in [1.29, 1.82) is 0 Å². The smallest absolute Gasteiger partial charge is 0.155 e. The zero-order valence-corrected chi connectivity index (χ0v) is 14.8. The lowest BCUT2D eigenvalue weighted by Gasteiger charge is -2.10. The Kier molecular flexibility index (Phi) is 3.40. The summed E-state index contributed by atoms with van der Waals surface area (Å²) in [5.41, 5.74) is 4.80. The Morgan fingerprint density at radius 3 is 2.92 bits per heavy atom. The molecule has 26 heavy (non-hydrogen) atoms. The molecule has 0 fully saturated rings. The van der Waals surface area contributed by atoms with E-state index in [2.05, 4.69) is 4.57 Å². The van der Waals surface area contributed by atoms with E-state index in [1.54, 1.807) is 7.11 Å². The number of nitrogens with zero attached hydrogens (tertiary/aromatic N) is 2. The van der Waals surface area contributed by atoms with Gasteiger partial charge in [-0.25, -0.2) is 0 Å². The lowest BCUT2D eigenvalue weighted by Crippen LogP contribution is -2.07. The highest BCUT2D eigenvalue weighted by Crippen LogP contribution is 2.30. The molecule has 0 saturated heterocycles. The number of aromatic nitrogens is 1. The van der Waals surface area contributed by atoms with Gasteiger partial charge in [-0.3, -0.25) is 4.99 Å². The van der Waals surface area contributed by atoms with E-state index in [-0.39, 0.29) is 0 Å². The first kappa shape index (κ1) is 15.3. The summed E-state index contributed by atoms with van der Waals surface area (Å²) in [6.45, 7) is 0.573. The molecule has 4 aromatic rings. The van der Waals surface area contributed by atoms with Gasteiger partial charge in [-0.15, -0.1) is 0 Å². The van der Waals surface area contributed by atoms with Crippen LogP contribution in [0.25, 0.3) is 16.7 Å². The Bertz CT molecular complexity index is 1170. The van der Waals surface area contributed by atoms with Crippen LogP contribution < -0.4 is 4.74 Å². The first-order valence-electron chi connectivity index (χ1n) is 8.32. The van der Waals surface area contributed by atoms with Gasteiger partial charge >= 0.3 is 0 Å². The third-order valence-electron chi connectivity index (χ3n) is 4.66. The number of hydrogen-bond donors (Lipinski definition) is 0. The van der Waals surface area contributed by atoms with Gasteiger partial charge in [-0.05, 0) is 54.1 Å². The summed E-state index contributed by atoms with van der Waals surface area (Å²) in [5, 5.41) is 1.70. The quantitative estimate of drug-likeness (QED) is 0.489. The number of benzene rings is 2. The molecule has 0 bridgehead atoms. The molecule has 0 N–H and O–H groups in total. The first-order valence-corrected chi connectivity index (χ1v) is 8.70. The Labute approximate surface area is 155 Å². The first-order chi connectivity index (χ1) is 12.7. The van der Waals surface area contributed by atoms with Gasteiger partial charge in [0.25, 0.3) is 0 Å². The Balaban J connectivity index is 1.68. The van der Waals surface area contributed by atoms with Crippen LogP contribution in [0.2, 0.25) is 5.02 Å². The minimum absolute atomic E-state index is 0.573. The van der Waals surface area contributed by atoms with Gasteiger partial charge in [-0.1, -0.05) is 17.7 Å². The van der Waals surface area contributed by atoms with Crippen LogP contribution in [-0.4, -0.2) is 17.4 Å². The Morgan fingerprint density at radius 1 is 1.12 bits per heavy atom. The van der Waals surface area contributed by atoms with Crippen molar-refractivity contribution in [1.82, 2.24) is 4.57 Å². The fraction of sp³-hybridized carbons (Fsp3) is 0.0952.